The van der Waals surface area contributed by atoms with Gasteiger partial charge in [0.15, 0.2) is 5.82 Å². The van der Waals surface area contributed by atoms with Crippen molar-refractivity contribution in [3.8, 4) is 0 Å². The van der Waals surface area contributed by atoms with Gasteiger partial charge < -0.3 is 5.32 Å². The Bertz CT molecular complexity index is 354. The summed E-state index contributed by atoms with van der Waals surface area (Å²) >= 11 is 0. The van der Waals surface area contributed by atoms with Crippen molar-refractivity contribution in [2.24, 2.45) is 11.3 Å². The number of tetrazole rings is 1. The Morgan fingerprint density at radius 2 is 2.18 bits per heavy atom. The second-order valence-corrected chi connectivity index (χ2v) is 5.45. The second-order valence-electron chi connectivity index (χ2n) is 5.45. The smallest absolute Gasteiger partial charge is 0.165 e. The van der Waals surface area contributed by atoms with Gasteiger partial charge in [0.2, 0.25) is 0 Å². The molecule has 1 N–H and O–H groups in total. The van der Waals surface area contributed by atoms with Crippen molar-refractivity contribution >= 4 is 0 Å². The zero-order valence-corrected chi connectivity index (χ0v) is 11.1. The Balaban J connectivity index is 1.95. The fourth-order valence-corrected chi connectivity index (χ4v) is 2.23. The van der Waals surface area contributed by atoms with E-state index >= 15 is 0 Å². The van der Waals surface area contributed by atoms with Gasteiger partial charge in [0, 0.05) is 0 Å². The summed E-state index contributed by atoms with van der Waals surface area (Å²) in [5.41, 5.74) is 0.453. The van der Waals surface area contributed by atoms with Crippen molar-refractivity contribution in [1.29, 1.82) is 0 Å². The molecule has 0 spiro atoms. The summed E-state index contributed by atoms with van der Waals surface area (Å²) in [7, 11) is 0. The van der Waals surface area contributed by atoms with Gasteiger partial charge in [0.05, 0.1) is 13.1 Å². The lowest BCUT2D eigenvalue weighted by atomic mass is 9.92. The zero-order chi connectivity index (χ0) is 12.3. The highest BCUT2D eigenvalue weighted by molar-refractivity contribution is 4.96. The second kappa shape index (κ2) is 5.12. The SMILES string of the molecule is CCCNCc1nnnn1CC1(C(C)C)CC1. The molecule has 5 nitrogen and oxygen atoms in total. The quantitative estimate of drug-likeness (QED) is 0.732. The van der Waals surface area contributed by atoms with E-state index in [1.807, 2.05) is 4.68 Å². The Morgan fingerprint density at radius 1 is 1.41 bits per heavy atom. The number of nitrogens with one attached hydrogen (secondary N) is 1. The van der Waals surface area contributed by atoms with E-state index in [-0.39, 0.29) is 0 Å². The first-order valence-electron chi connectivity index (χ1n) is 6.64. The molecule has 0 atom stereocenters. The van der Waals surface area contributed by atoms with Crippen LogP contribution in [-0.2, 0) is 13.1 Å². The maximum Gasteiger partial charge on any atom is 0.165 e. The monoisotopic (exact) mass is 237 g/mol. The minimum Gasteiger partial charge on any atom is -0.310 e. The average molecular weight is 237 g/mol. The minimum absolute atomic E-state index is 0.453. The molecule has 1 fully saturated rings. The molecule has 5 heteroatoms. The van der Waals surface area contributed by atoms with Crippen LogP contribution in [0.5, 0.6) is 0 Å². The first-order chi connectivity index (χ1) is 8.18. The molecule has 1 aliphatic rings. The fourth-order valence-electron chi connectivity index (χ4n) is 2.23. The van der Waals surface area contributed by atoms with Gasteiger partial charge in [-0.1, -0.05) is 20.8 Å². The van der Waals surface area contributed by atoms with Crippen LogP contribution < -0.4 is 5.32 Å². The van der Waals surface area contributed by atoms with Crippen LogP contribution in [0.4, 0.5) is 0 Å². The largest absolute Gasteiger partial charge is 0.310 e. The van der Waals surface area contributed by atoms with Gasteiger partial charge in [0.25, 0.3) is 0 Å². The van der Waals surface area contributed by atoms with Gasteiger partial charge in [-0.05, 0) is 47.6 Å². The lowest BCUT2D eigenvalue weighted by molar-refractivity contribution is 0.287. The molecule has 17 heavy (non-hydrogen) atoms. The third kappa shape index (κ3) is 2.83. The van der Waals surface area contributed by atoms with Gasteiger partial charge in [0.1, 0.15) is 0 Å². The van der Waals surface area contributed by atoms with Crippen molar-refractivity contribution in [2.45, 2.75) is 53.1 Å². The molecule has 1 saturated carbocycles. The summed E-state index contributed by atoms with van der Waals surface area (Å²) < 4.78 is 1.98. The fraction of sp³-hybridized carbons (Fsp3) is 0.917. The van der Waals surface area contributed by atoms with E-state index in [2.05, 4.69) is 41.6 Å². The Kier molecular flexibility index (Phi) is 3.76. The lowest BCUT2D eigenvalue weighted by Gasteiger charge is -2.19. The molecule has 0 unspecified atom stereocenters. The highest BCUT2D eigenvalue weighted by Crippen LogP contribution is 2.53. The van der Waals surface area contributed by atoms with Crippen LogP contribution in [0.25, 0.3) is 0 Å². The van der Waals surface area contributed by atoms with Crippen molar-refractivity contribution in [3.63, 3.8) is 0 Å². The van der Waals surface area contributed by atoms with Crippen LogP contribution >= 0.6 is 0 Å². The molecular formula is C12H23N5. The standard InChI is InChI=1S/C12H23N5/c1-4-7-13-8-11-14-15-16-17(11)9-12(5-6-12)10(2)3/h10,13H,4-9H2,1-3H3. The summed E-state index contributed by atoms with van der Waals surface area (Å²) in [6.07, 6.45) is 3.76. The van der Waals surface area contributed by atoms with E-state index in [1.165, 1.54) is 12.8 Å². The number of hydrogen-bond acceptors (Lipinski definition) is 4. The molecule has 0 radical (unpaired) electrons. The third-order valence-electron chi connectivity index (χ3n) is 3.90. The van der Waals surface area contributed by atoms with Crippen molar-refractivity contribution in [1.82, 2.24) is 25.5 Å². The Hall–Kier alpha value is -0.970. The highest BCUT2D eigenvalue weighted by atomic mass is 15.5. The van der Waals surface area contributed by atoms with E-state index in [1.54, 1.807) is 0 Å². The van der Waals surface area contributed by atoms with Crippen molar-refractivity contribution in [3.05, 3.63) is 5.82 Å². The van der Waals surface area contributed by atoms with E-state index < -0.39 is 0 Å². The summed E-state index contributed by atoms with van der Waals surface area (Å²) in [5.74, 6) is 1.67. The molecule has 1 aliphatic carbocycles. The Morgan fingerprint density at radius 3 is 2.76 bits per heavy atom. The number of nitrogens with zero attached hydrogens (tertiary/aromatic N) is 4. The molecule has 2 rings (SSSR count). The number of aromatic nitrogens is 4. The molecule has 1 aromatic heterocycles. The van der Waals surface area contributed by atoms with Crippen LogP contribution in [0.15, 0.2) is 0 Å². The first kappa shape index (κ1) is 12.5. The molecular weight excluding hydrogens is 214 g/mol. The number of hydrogen-bond donors (Lipinski definition) is 1. The van der Waals surface area contributed by atoms with Gasteiger partial charge in [-0.15, -0.1) is 5.10 Å². The lowest BCUT2D eigenvalue weighted by Crippen LogP contribution is -2.23. The molecule has 0 aromatic carbocycles. The Labute approximate surface area is 103 Å². The predicted molar refractivity (Wildman–Crippen MR) is 66.3 cm³/mol. The van der Waals surface area contributed by atoms with Crippen LogP contribution in [0.3, 0.4) is 0 Å². The zero-order valence-electron chi connectivity index (χ0n) is 11.1. The van der Waals surface area contributed by atoms with Gasteiger partial charge >= 0.3 is 0 Å². The summed E-state index contributed by atoms with van der Waals surface area (Å²) in [6.45, 7) is 9.52. The highest BCUT2D eigenvalue weighted by Gasteiger charge is 2.46. The molecule has 1 heterocycles. The maximum absolute atomic E-state index is 4.12. The van der Waals surface area contributed by atoms with E-state index in [0.29, 0.717) is 11.3 Å². The molecule has 1 aromatic rings. The summed E-state index contributed by atoms with van der Waals surface area (Å²) in [4.78, 5) is 0. The molecule has 0 saturated heterocycles. The molecule has 96 valence electrons. The van der Waals surface area contributed by atoms with Gasteiger partial charge in [-0.2, -0.15) is 0 Å². The molecule has 0 bridgehead atoms. The van der Waals surface area contributed by atoms with Crippen LogP contribution in [0.1, 0.15) is 45.9 Å². The van der Waals surface area contributed by atoms with Crippen LogP contribution in [-0.4, -0.2) is 26.8 Å². The summed E-state index contributed by atoms with van der Waals surface area (Å²) in [5, 5.41) is 15.4. The minimum atomic E-state index is 0.453. The number of rotatable bonds is 7. The van der Waals surface area contributed by atoms with Crippen molar-refractivity contribution in [2.75, 3.05) is 6.54 Å². The predicted octanol–water partition coefficient (Wildman–Crippen LogP) is 1.61. The molecule has 0 aliphatic heterocycles. The first-order valence-corrected chi connectivity index (χ1v) is 6.64. The van der Waals surface area contributed by atoms with E-state index in [0.717, 1.165) is 31.9 Å². The van der Waals surface area contributed by atoms with Crippen LogP contribution in [0.2, 0.25) is 0 Å². The average Bonchev–Trinajstić information content (AvgIpc) is 2.95. The van der Waals surface area contributed by atoms with E-state index in [4.69, 9.17) is 0 Å². The third-order valence-corrected chi connectivity index (χ3v) is 3.90. The van der Waals surface area contributed by atoms with Gasteiger partial charge in [-0.3, -0.25) is 0 Å². The molecule has 0 amide bonds. The normalized spacial score (nSPS) is 17.6. The topological polar surface area (TPSA) is 55.6 Å². The van der Waals surface area contributed by atoms with Gasteiger partial charge in [-0.25, -0.2) is 4.68 Å². The summed E-state index contributed by atoms with van der Waals surface area (Å²) in [6, 6.07) is 0. The maximum atomic E-state index is 4.12. The van der Waals surface area contributed by atoms with E-state index in [9.17, 15) is 0 Å². The van der Waals surface area contributed by atoms with Crippen molar-refractivity contribution < 1.29 is 0 Å². The van der Waals surface area contributed by atoms with Crippen LogP contribution in [0, 0.1) is 11.3 Å².